The van der Waals surface area contributed by atoms with E-state index in [4.69, 9.17) is 0 Å². The second kappa shape index (κ2) is 10.9. The SMILES string of the molecule is C1CCCCCCCPCCCCCC1. The highest BCUT2D eigenvalue weighted by Gasteiger charge is 1.96. The lowest BCUT2D eigenvalue weighted by Crippen LogP contribution is -1.83. The Bertz CT molecular complexity index is 63.9. The molecule has 1 aliphatic rings. The first-order valence-corrected chi connectivity index (χ1v) is 8.62. The summed E-state index contributed by atoms with van der Waals surface area (Å²) in [6.07, 6.45) is 21.1. The molecule has 1 fully saturated rings. The molecule has 0 N–H and O–H groups in total. The third-order valence-electron chi connectivity index (χ3n) is 3.46. The van der Waals surface area contributed by atoms with Gasteiger partial charge < -0.3 is 0 Å². The van der Waals surface area contributed by atoms with E-state index in [2.05, 4.69) is 0 Å². The molecule has 90 valence electrons. The molecule has 0 atom stereocenters. The van der Waals surface area contributed by atoms with E-state index in [0.29, 0.717) is 0 Å². The Labute approximate surface area is 98.4 Å². The van der Waals surface area contributed by atoms with Gasteiger partial charge >= 0.3 is 0 Å². The van der Waals surface area contributed by atoms with E-state index in [0.717, 1.165) is 0 Å². The number of hydrogen-bond acceptors (Lipinski definition) is 0. The van der Waals surface area contributed by atoms with Gasteiger partial charge in [0, 0.05) is 0 Å². The van der Waals surface area contributed by atoms with Crippen LogP contribution in [0.5, 0.6) is 0 Å². The van der Waals surface area contributed by atoms with Crippen molar-refractivity contribution in [3.05, 3.63) is 0 Å². The maximum absolute atomic E-state index is 1.53. The molecular formula is C14H29P. The molecule has 0 bridgehead atoms. The zero-order chi connectivity index (χ0) is 10.6. The predicted octanol–water partition coefficient (Wildman–Crippen LogP) is 5.36. The molecule has 0 nitrogen and oxygen atoms in total. The van der Waals surface area contributed by atoms with Gasteiger partial charge in [0.15, 0.2) is 0 Å². The third kappa shape index (κ3) is 9.36. The van der Waals surface area contributed by atoms with Crippen LogP contribution in [0.3, 0.4) is 0 Å². The van der Waals surface area contributed by atoms with Gasteiger partial charge in [-0.25, -0.2) is 0 Å². The van der Waals surface area contributed by atoms with Crippen molar-refractivity contribution in [1.82, 2.24) is 0 Å². The summed E-state index contributed by atoms with van der Waals surface area (Å²) in [6.45, 7) is 0. The van der Waals surface area contributed by atoms with Crippen LogP contribution in [0.25, 0.3) is 0 Å². The fraction of sp³-hybridized carbons (Fsp3) is 1.00. The Hall–Kier alpha value is 0.430. The van der Waals surface area contributed by atoms with Gasteiger partial charge in [0.2, 0.25) is 0 Å². The molecule has 0 amide bonds. The van der Waals surface area contributed by atoms with Gasteiger partial charge in [0.25, 0.3) is 0 Å². The number of rotatable bonds is 0. The van der Waals surface area contributed by atoms with Gasteiger partial charge in [-0.15, -0.1) is 8.58 Å². The molecule has 0 unspecified atom stereocenters. The van der Waals surface area contributed by atoms with Crippen LogP contribution in [-0.4, -0.2) is 12.3 Å². The highest BCUT2D eigenvalue weighted by molar-refractivity contribution is 7.37. The van der Waals surface area contributed by atoms with Gasteiger partial charge in [-0.2, -0.15) is 0 Å². The highest BCUT2D eigenvalue weighted by atomic mass is 31.1. The average molecular weight is 228 g/mol. The molecule has 0 spiro atoms. The van der Waals surface area contributed by atoms with E-state index in [1.54, 1.807) is 0 Å². The fourth-order valence-electron chi connectivity index (χ4n) is 2.39. The molecule has 0 aliphatic carbocycles. The second-order valence-electron chi connectivity index (χ2n) is 4.99. The average Bonchev–Trinajstić information content (AvgIpc) is 2.27. The van der Waals surface area contributed by atoms with E-state index >= 15 is 0 Å². The Morgan fingerprint density at radius 1 is 0.333 bits per heavy atom. The normalized spacial score (nSPS) is 24.0. The van der Waals surface area contributed by atoms with Crippen molar-refractivity contribution in [2.45, 2.75) is 77.0 Å². The Morgan fingerprint density at radius 3 is 0.933 bits per heavy atom. The molecule has 0 aromatic rings. The van der Waals surface area contributed by atoms with Gasteiger partial charge in [-0.1, -0.05) is 64.2 Å². The first kappa shape index (κ1) is 13.5. The maximum Gasteiger partial charge on any atom is -0.0353 e. The van der Waals surface area contributed by atoms with E-state index in [1.807, 2.05) is 0 Å². The van der Waals surface area contributed by atoms with E-state index in [1.165, 1.54) is 98.0 Å². The summed E-state index contributed by atoms with van der Waals surface area (Å²) >= 11 is 0. The summed E-state index contributed by atoms with van der Waals surface area (Å²) in [5.41, 5.74) is 0. The second-order valence-corrected chi connectivity index (χ2v) is 6.49. The summed E-state index contributed by atoms with van der Waals surface area (Å²) in [7, 11) is 1.27. The van der Waals surface area contributed by atoms with Crippen molar-refractivity contribution in [1.29, 1.82) is 0 Å². The minimum Gasteiger partial charge on any atom is -0.122 e. The fourth-order valence-corrected chi connectivity index (χ4v) is 3.64. The molecule has 1 heterocycles. The summed E-state index contributed by atoms with van der Waals surface area (Å²) < 4.78 is 0. The van der Waals surface area contributed by atoms with Gasteiger partial charge in [0.05, 0.1) is 0 Å². The third-order valence-corrected chi connectivity index (χ3v) is 4.87. The van der Waals surface area contributed by atoms with Crippen LogP contribution in [0.4, 0.5) is 0 Å². The first-order valence-electron chi connectivity index (χ1n) is 7.21. The molecule has 0 saturated carbocycles. The zero-order valence-electron chi connectivity index (χ0n) is 10.4. The summed E-state index contributed by atoms with van der Waals surface area (Å²) in [6, 6.07) is 0. The van der Waals surface area contributed by atoms with Crippen LogP contribution in [0, 0.1) is 0 Å². The van der Waals surface area contributed by atoms with Crippen molar-refractivity contribution < 1.29 is 0 Å². The highest BCUT2D eigenvalue weighted by Crippen LogP contribution is 2.19. The first-order chi connectivity index (χ1) is 7.50. The van der Waals surface area contributed by atoms with Crippen molar-refractivity contribution in [3.63, 3.8) is 0 Å². The Morgan fingerprint density at radius 2 is 0.600 bits per heavy atom. The monoisotopic (exact) mass is 228 g/mol. The van der Waals surface area contributed by atoms with Crippen molar-refractivity contribution in [2.24, 2.45) is 0 Å². The quantitative estimate of drug-likeness (QED) is 0.490. The van der Waals surface area contributed by atoms with Crippen LogP contribution in [0.2, 0.25) is 0 Å². The standard InChI is InChI=1S/C14H29P/c1-2-4-6-8-10-12-14-15-13-11-9-7-5-3-1/h15H,1-14H2. The molecule has 15 heavy (non-hydrogen) atoms. The van der Waals surface area contributed by atoms with E-state index < -0.39 is 0 Å². The van der Waals surface area contributed by atoms with Gasteiger partial charge in [0.1, 0.15) is 0 Å². The van der Waals surface area contributed by atoms with E-state index in [-0.39, 0.29) is 0 Å². The van der Waals surface area contributed by atoms with Crippen LogP contribution in [0.1, 0.15) is 77.0 Å². The topological polar surface area (TPSA) is 0 Å². The van der Waals surface area contributed by atoms with Crippen LogP contribution in [-0.2, 0) is 0 Å². The lowest BCUT2D eigenvalue weighted by atomic mass is 10.1. The smallest absolute Gasteiger partial charge is 0.0353 e. The van der Waals surface area contributed by atoms with Crippen molar-refractivity contribution >= 4 is 8.58 Å². The van der Waals surface area contributed by atoms with Crippen LogP contribution in [0.15, 0.2) is 0 Å². The predicted molar refractivity (Wildman–Crippen MR) is 73.5 cm³/mol. The summed E-state index contributed by atoms with van der Waals surface area (Å²) in [5, 5.41) is 0. The van der Waals surface area contributed by atoms with Crippen LogP contribution >= 0.6 is 8.58 Å². The molecule has 0 aromatic heterocycles. The van der Waals surface area contributed by atoms with Gasteiger partial charge in [-0.3, -0.25) is 0 Å². The minimum absolute atomic E-state index is 1.27. The molecule has 1 rings (SSSR count). The Balaban J connectivity index is 2.01. The lowest BCUT2D eigenvalue weighted by Gasteiger charge is -2.01. The maximum atomic E-state index is 1.53. The van der Waals surface area contributed by atoms with Crippen molar-refractivity contribution in [3.8, 4) is 0 Å². The molecule has 0 radical (unpaired) electrons. The molecule has 1 aliphatic heterocycles. The minimum atomic E-state index is 1.27. The Kier molecular flexibility index (Phi) is 9.83. The molecule has 1 heteroatoms. The zero-order valence-corrected chi connectivity index (χ0v) is 11.4. The van der Waals surface area contributed by atoms with Crippen molar-refractivity contribution in [2.75, 3.05) is 12.3 Å². The lowest BCUT2D eigenvalue weighted by molar-refractivity contribution is 0.550. The number of hydrogen-bond donors (Lipinski definition) is 0. The largest absolute Gasteiger partial charge is 0.122 e. The molecule has 1 saturated heterocycles. The summed E-state index contributed by atoms with van der Waals surface area (Å²) in [5.74, 6) is 0. The molecule has 0 aromatic carbocycles. The summed E-state index contributed by atoms with van der Waals surface area (Å²) in [4.78, 5) is 0. The molecular weight excluding hydrogens is 199 g/mol. The van der Waals surface area contributed by atoms with E-state index in [9.17, 15) is 0 Å². The van der Waals surface area contributed by atoms with Gasteiger partial charge in [-0.05, 0) is 25.2 Å². The van der Waals surface area contributed by atoms with Crippen LogP contribution < -0.4 is 0 Å².